The van der Waals surface area contributed by atoms with Gasteiger partial charge in [-0.3, -0.25) is 4.90 Å². The fraction of sp³-hybridized carbons (Fsp3) is 0.684. The van der Waals surface area contributed by atoms with Gasteiger partial charge in [0.15, 0.2) is 0 Å². The first kappa shape index (κ1) is 16.5. The molecular weight excluding hydrogens is 256 g/mol. The Hall–Kier alpha value is -0.860. The largest absolute Gasteiger partial charge is 0.309 e. The average molecular weight is 288 g/mol. The minimum Gasteiger partial charge on any atom is -0.309 e. The summed E-state index contributed by atoms with van der Waals surface area (Å²) in [5, 5.41) is 3.73. The fourth-order valence-electron chi connectivity index (χ4n) is 3.66. The van der Waals surface area contributed by atoms with Crippen LogP contribution in [0.5, 0.6) is 0 Å². The molecule has 4 unspecified atom stereocenters. The summed E-state index contributed by atoms with van der Waals surface area (Å²) in [5.41, 5.74) is 1.43. The van der Waals surface area contributed by atoms with E-state index in [1.807, 2.05) is 0 Å². The Morgan fingerprint density at radius 1 is 1.14 bits per heavy atom. The maximum absolute atomic E-state index is 3.73. The van der Waals surface area contributed by atoms with Crippen LogP contribution < -0.4 is 5.32 Å². The van der Waals surface area contributed by atoms with Crippen molar-refractivity contribution in [1.29, 1.82) is 0 Å². The van der Waals surface area contributed by atoms with Crippen LogP contribution in [0.15, 0.2) is 30.3 Å². The minimum atomic E-state index is 0.446. The van der Waals surface area contributed by atoms with E-state index in [2.05, 4.69) is 68.2 Å². The van der Waals surface area contributed by atoms with Gasteiger partial charge in [-0.1, -0.05) is 58.0 Å². The molecule has 1 aliphatic rings. The smallest absolute Gasteiger partial charge is 0.0477 e. The monoisotopic (exact) mass is 288 g/mol. The standard InChI is InChI=1S/C19H32N2/c1-5-18(21-13-12-15(3)16(4)14-21)19(20-6-2)17-10-8-7-9-11-17/h7-11,15-16,18-20H,5-6,12-14H2,1-4H3. The van der Waals surface area contributed by atoms with Crippen LogP contribution in [0.25, 0.3) is 0 Å². The molecule has 1 aliphatic heterocycles. The van der Waals surface area contributed by atoms with E-state index in [0.717, 1.165) is 18.4 Å². The highest BCUT2D eigenvalue weighted by atomic mass is 15.2. The van der Waals surface area contributed by atoms with Gasteiger partial charge < -0.3 is 5.32 Å². The summed E-state index contributed by atoms with van der Waals surface area (Å²) in [6.07, 6.45) is 2.54. The van der Waals surface area contributed by atoms with Crippen LogP contribution >= 0.6 is 0 Å². The summed E-state index contributed by atoms with van der Waals surface area (Å²) in [7, 11) is 0. The zero-order valence-corrected chi connectivity index (χ0v) is 14.2. The topological polar surface area (TPSA) is 15.3 Å². The van der Waals surface area contributed by atoms with Gasteiger partial charge in [-0.15, -0.1) is 0 Å². The molecule has 1 heterocycles. The Bertz CT molecular complexity index is 403. The summed E-state index contributed by atoms with van der Waals surface area (Å²) in [4.78, 5) is 2.73. The second-order valence-corrected chi connectivity index (χ2v) is 6.66. The minimum absolute atomic E-state index is 0.446. The van der Waals surface area contributed by atoms with Gasteiger partial charge in [-0.05, 0) is 43.3 Å². The summed E-state index contributed by atoms with van der Waals surface area (Å²) in [5.74, 6) is 1.68. The van der Waals surface area contributed by atoms with Crippen LogP contribution in [-0.2, 0) is 0 Å². The third-order valence-electron chi connectivity index (χ3n) is 5.22. The summed E-state index contributed by atoms with van der Waals surface area (Å²) in [6, 6.07) is 12.0. The lowest BCUT2D eigenvalue weighted by Crippen LogP contribution is -2.49. The molecule has 1 N–H and O–H groups in total. The van der Waals surface area contributed by atoms with Crippen molar-refractivity contribution in [3.63, 3.8) is 0 Å². The number of benzene rings is 1. The number of rotatable bonds is 6. The molecule has 2 nitrogen and oxygen atoms in total. The summed E-state index contributed by atoms with van der Waals surface area (Å²) < 4.78 is 0. The van der Waals surface area contributed by atoms with Gasteiger partial charge in [-0.25, -0.2) is 0 Å². The summed E-state index contributed by atoms with van der Waals surface area (Å²) >= 11 is 0. The maximum atomic E-state index is 3.73. The molecule has 1 fully saturated rings. The quantitative estimate of drug-likeness (QED) is 0.848. The Morgan fingerprint density at radius 3 is 2.43 bits per heavy atom. The van der Waals surface area contributed by atoms with E-state index in [0.29, 0.717) is 12.1 Å². The molecule has 2 rings (SSSR count). The van der Waals surface area contributed by atoms with Crippen molar-refractivity contribution < 1.29 is 0 Å². The van der Waals surface area contributed by atoms with Crippen LogP contribution in [-0.4, -0.2) is 30.6 Å². The van der Waals surface area contributed by atoms with Crippen LogP contribution in [0.3, 0.4) is 0 Å². The molecule has 0 amide bonds. The number of piperidine rings is 1. The van der Waals surface area contributed by atoms with Crippen molar-refractivity contribution in [2.75, 3.05) is 19.6 Å². The number of hydrogen-bond acceptors (Lipinski definition) is 2. The summed E-state index contributed by atoms with van der Waals surface area (Å²) in [6.45, 7) is 12.9. The van der Waals surface area contributed by atoms with Gasteiger partial charge in [-0.2, -0.15) is 0 Å². The van der Waals surface area contributed by atoms with E-state index < -0.39 is 0 Å². The van der Waals surface area contributed by atoms with Crippen LogP contribution in [0.2, 0.25) is 0 Å². The Labute approximate surface area is 130 Å². The van der Waals surface area contributed by atoms with Crippen molar-refractivity contribution in [3.8, 4) is 0 Å². The van der Waals surface area contributed by atoms with E-state index in [1.54, 1.807) is 0 Å². The molecule has 0 aliphatic carbocycles. The van der Waals surface area contributed by atoms with Crippen LogP contribution in [0.4, 0.5) is 0 Å². The molecule has 0 aromatic heterocycles. The molecule has 21 heavy (non-hydrogen) atoms. The third kappa shape index (κ3) is 4.08. The van der Waals surface area contributed by atoms with E-state index >= 15 is 0 Å². The predicted octanol–water partition coefficient (Wildman–Crippen LogP) is 4.09. The van der Waals surface area contributed by atoms with E-state index in [9.17, 15) is 0 Å². The van der Waals surface area contributed by atoms with Gasteiger partial charge in [0.25, 0.3) is 0 Å². The molecular formula is C19H32N2. The zero-order chi connectivity index (χ0) is 15.2. The van der Waals surface area contributed by atoms with Crippen molar-refractivity contribution in [2.45, 2.75) is 52.6 Å². The number of likely N-dealkylation sites (N-methyl/N-ethyl adjacent to an activating group) is 1. The number of nitrogens with one attached hydrogen (secondary N) is 1. The molecule has 1 aromatic rings. The van der Waals surface area contributed by atoms with Crippen LogP contribution in [0.1, 0.15) is 52.1 Å². The van der Waals surface area contributed by atoms with Crippen molar-refractivity contribution in [2.24, 2.45) is 11.8 Å². The first-order valence-electron chi connectivity index (χ1n) is 8.69. The zero-order valence-electron chi connectivity index (χ0n) is 14.2. The first-order valence-corrected chi connectivity index (χ1v) is 8.69. The van der Waals surface area contributed by atoms with Gasteiger partial charge in [0, 0.05) is 18.6 Å². The lowest BCUT2D eigenvalue weighted by Gasteiger charge is -2.43. The maximum Gasteiger partial charge on any atom is 0.0477 e. The van der Waals surface area contributed by atoms with Gasteiger partial charge in [0.05, 0.1) is 0 Å². The molecule has 4 atom stereocenters. The van der Waals surface area contributed by atoms with Gasteiger partial charge in [0.2, 0.25) is 0 Å². The lowest BCUT2D eigenvalue weighted by molar-refractivity contribution is 0.0735. The van der Waals surface area contributed by atoms with E-state index in [1.165, 1.54) is 31.5 Å². The molecule has 1 aromatic carbocycles. The molecule has 0 saturated carbocycles. The second-order valence-electron chi connectivity index (χ2n) is 6.66. The Morgan fingerprint density at radius 2 is 1.86 bits per heavy atom. The second kappa shape index (κ2) is 7.95. The van der Waals surface area contributed by atoms with Crippen LogP contribution in [0, 0.1) is 11.8 Å². The van der Waals surface area contributed by atoms with E-state index in [4.69, 9.17) is 0 Å². The number of nitrogens with zero attached hydrogens (tertiary/aromatic N) is 1. The SMILES string of the molecule is CCNC(c1ccccc1)C(CC)N1CCC(C)C(C)C1. The van der Waals surface area contributed by atoms with E-state index in [-0.39, 0.29) is 0 Å². The Balaban J connectivity index is 2.16. The normalized spacial score (nSPS) is 26.5. The third-order valence-corrected chi connectivity index (χ3v) is 5.22. The number of hydrogen-bond donors (Lipinski definition) is 1. The molecule has 0 bridgehead atoms. The molecule has 1 saturated heterocycles. The van der Waals surface area contributed by atoms with Gasteiger partial charge >= 0.3 is 0 Å². The molecule has 2 heteroatoms. The average Bonchev–Trinajstić information content (AvgIpc) is 2.51. The van der Waals surface area contributed by atoms with Crippen molar-refractivity contribution in [3.05, 3.63) is 35.9 Å². The highest BCUT2D eigenvalue weighted by molar-refractivity contribution is 5.21. The van der Waals surface area contributed by atoms with Gasteiger partial charge in [0.1, 0.15) is 0 Å². The van der Waals surface area contributed by atoms with Crippen molar-refractivity contribution in [1.82, 2.24) is 10.2 Å². The Kier molecular flexibility index (Phi) is 6.25. The van der Waals surface area contributed by atoms with Crippen molar-refractivity contribution >= 4 is 0 Å². The molecule has 118 valence electrons. The fourth-order valence-corrected chi connectivity index (χ4v) is 3.66. The first-order chi connectivity index (χ1) is 10.2. The molecule has 0 spiro atoms. The highest BCUT2D eigenvalue weighted by Gasteiger charge is 2.31. The lowest BCUT2D eigenvalue weighted by atomic mass is 9.86. The predicted molar refractivity (Wildman–Crippen MR) is 91.5 cm³/mol. The highest BCUT2D eigenvalue weighted by Crippen LogP contribution is 2.30. The number of likely N-dealkylation sites (tertiary alicyclic amines) is 1. The molecule has 0 radical (unpaired) electrons.